The van der Waals surface area contributed by atoms with Crippen molar-refractivity contribution >= 4 is 39.5 Å². The van der Waals surface area contributed by atoms with Crippen LogP contribution in [0.15, 0.2) is 0 Å². The lowest BCUT2D eigenvalue weighted by molar-refractivity contribution is -0.161. The molecule has 0 radical (unpaired) electrons. The van der Waals surface area contributed by atoms with Crippen LogP contribution in [0.1, 0.15) is 364 Å². The minimum atomic E-state index is -4.96. The SMILES string of the molecule is CCC(C)CCCCCCCCCCCCC(=O)O[C@H](COC(=O)CCCCCCCCCC(C)C)COP(=O)(O)OCC(O)COP(=O)(O)OC[C@@H](COC(=O)CCCCCCCCCCCCCCC(C)C)OC(=O)CCCCCCCCCCCCC(C)C. The number of unbranched alkanes of at least 4 members (excludes halogenated alkanes) is 35. The molecule has 6 atom stereocenters. The molecule has 546 valence electrons. The Bertz CT molecular complexity index is 1820. The second kappa shape index (κ2) is 62.6. The molecule has 0 spiro atoms. The standard InChI is InChI=1S/C73H142O17P2/c1-9-66(8)52-44-36-28-20-15-17-23-31-40-48-56-73(78)90-69(60-84-71(76)54-46-38-32-24-27-35-43-51-65(6)7)62-88-92(81,82)86-58-67(74)57-85-91(79,80)87-61-68(89-72(77)55-47-39-30-22-16-14-19-26-34-42-50-64(4)5)59-83-70(75)53-45-37-29-21-13-11-10-12-18-25-33-41-49-63(2)3/h63-69,74H,9-62H2,1-8H3,(H,79,80)(H,81,82)/t66?,67?,68-,69-/m1/s1. The van der Waals surface area contributed by atoms with E-state index in [0.717, 1.165) is 114 Å². The van der Waals surface area contributed by atoms with Crippen LogP contribution in [0.4, 0.5) is 0 Å². The summed E-state index contributed by atoms with van der Waals surface area (Å²) in [5, 5.41) is 10.6. The molecule has 17 nitrogen and oxygen atoms in total. The third-order valence-corrected chi connectivity index (χ3v) is 19.1. The van der Waals surface area contributed by atoms with Gasteiger partial charge in [0, 0.05) is 25.7 Å². The van der Waals surface area contributed by atoms with Crippen molar-refractivity contribution in [1.29, 1.82) is 0 Å². The van der Waals surface area contributed by atoms with E-state index in [0.29, 0.717) is 31.6 Å². The van der Waals surface area contributed by atoms with Gasteiger partial charge in [0.15, 0.2) is 12.2 Å². The molecule has 92 heavy (non-hydrogen) atoms. The highest BCUT2D eigenvalue weighted by Crippen LogP contribution is 2.45. The minimum absolute atomic E-state index is 0.105. The molecule has 0 rings (SSSR count). The highest BCUT2D eigenvalue weighted by atomic mass is 31.2. The fourth-order valence-corrected chi connectivity index (χ4v) is 12.6. The highest BCUT2D eigenvalue weighted by molar-refractivity contribution is 7.47. The Labute approximate surface area is 562 Å². The zero-order chi connectivity index (χ0) is 68.2. The van der Waals surface area contributed by atoms with E-state index in [2.05, 4.69) is 55.4 Å². The number of ether oxygens (including phenoxy) is 4. The molecule has 0 aliphatic carbocycles. The van der Waals surface area contributed by atoms with Crippen LogP contribution in [0.3, 0.4) is 0 Å². The van der Waals surface area contributed by atoms with E-state index in [1.54, 1.807) is 0 Å². The van der Waals surface area contributed by atoms with Gasteiger partial charge in [-0.2, -0.15) is 0 Å². The van der Waals surface area contributed by atoms with Gasteiger partial charge >= 0.3 is 39.5 Å². The lowest BCUT2D eigenvalue weighted by Gasteiger charge is -2.21. The van der Waals surface area contributed by atoms with E-state index < -0.39 is 97.5 Å². The average molecular weight is 1350 g/mol. The van der Waals surface area contributed by atoms with Gasteiger partial charge in [0.05, 0.1) is 26.4 Å². The van der Waals surface area contributed by atoms with Crippen LogP contribution in [0, 0.1) is 23.7 Å². The van der Waals surface area contributed by atoms with E-state index in [9.17, 15) is 43.2 Å². The third-order valence-electron chi connectivity index (χ3n) is 17.2. The van der Waals surface area contributed by atoms with E-state index >= 15 is 0 Å². The second-order valence-electron chi connectivity index (χ2n) is 28.0. The first-order valence-corrected chi connectivity index (χ1v) is 40.7. The zero-order valence-corrected chi connectivity index (χ0v) is 62.0. The Morgan fingerprint density at radius 1 is 0.304 bits per heavy atom. The Morgan fingerprint density at radius 3 is 0.772 bits per heavy atom. The van der Waals surface area contributed by atoms with Gasteiger partial charge in [-0.25, -0.2) is 9.13 Å². The maximum atomic E-state index is 13.0. The lowest BCUT2D eigenvalue weighted by Crippen LogP contribution is -2.30. The number of aliphatic hydroxyl groups is 1. The van der Waals surface area contributed by atoms with Crippen LogP contribution >= 0.6 is 15.6 Å². The molecule has 0 saturated carbocycles. The summed E-state index contributed by atoms with van der Waals surface area (Å²) in [4.78, 5) is 72.7. The quantitative estimate of drug-likeness (QED) is 0.0222. The summed E-state index contributed by atoms with van der Waals surface area (Å²) >= 11 is 0. The van der Waals surface area contributed by atoms with Crippen LogP contribution in [0.25, 0.3) is 0 Å². The molecular weight excluding hydrogens is 1210 g/mol. The number of aliphatic hydroxyl groups excluding tert-OH is 1. The Kier molecular flexibility index (Phi) is 61.3. The fourth-order valence-electron chi connectivity index (χ4n) is 11.0. The summed E-state index contributed by atoms with van der Waals surface area (Å²) in [5.74, 6) is 0.916. The number of rotatable bonds is 70. The molecular formula is C73H142O17P2. The Balaban J connectivity index is 5.26. The molecule has 0 saturated heterocycles. The van der Waals surface area contributed by atoms with Gasteiger partial charge in [-0.15, -0.1) is 0 Å². The molecule has 4 unspecified atom stereocenters. The van der Waals surface area contributed by atoms with Crippen LogP contribution in [-0.2, 0) is 65.4 Å². The van der Waals surface area contributed by atoms with Crippen molar-refractivity contribution < 1.29 is 80.2 Å². The molecule has 0 bridgehead atoms. The number of phosphoric acid groups is 2. The van der Waals surface area contributed by atoms with E-state index in [1.807, 2.05) is 0 Å². The summed E-state index contributed by atoms with van der Waals surface area (Å²) in [6.45, 7) is 14.1. The predicted octanol–water partition coefficient (Wildman–Crippen LogP) is 20.9. The zero-order valence-electron chi connectivity index (χ0n) is 60.2. The van der Waals surface area contributed by atoms with Crippen molar-refractivity contribution in [2.24, 2.45) is 23.7 Å². The van der Waals surface area contributed by atoms with E-state index in [1.165, 1.54) is 161 Å². The molecule has 0 amide bonds. The van der Waals surface area contributed by atoms with Crippen molar-refractivity contribution in [2.75, 3.05) is 39.6 Å². The third kappa shape index (κ3) is 65.4. The van der Waals surface area contributed by atoms with E-state index in [-0.39, 0.29) is 25.7 Å². The van der Waals surface area contributed by atoms with Crippen LogP contribution in [0.2, 0.25) is 0 Å². The molecule has 19 heteroatoms. The van der Waals surface area contributed by atoms with Crippen molar-refractivity contribution in [3.05, 3.63) is 0 Å². The van der Waals surface area contributed by atoms with Crippen LogP contribution in [0.5, 0.6) is 0 Å². The summed E-state index contributed by atoms with van der Waals surface area (Å²) in [6.07, 6.45) is 45.8. The smallest absolute Gasteiger partial charge is 0.462 e. The number of hydrogen-bond donors (Lipinski definition) is 3. The molecule has 0 aliphatic heterocycles. The first-order valence-electron chi connectivity index (χ1n) is 37.7. The molecule has 0 aromatic rings. The van der Waals surface area contributed by atoms with Gasteiger partial charge in [0.1, 0.15) is 19.3 Å². The van der Waals surface area contributed by atoms with Gasteiger partial charge in [0.2, 0.25) is 0 Å². The van der Waals surface area contributed by atoms with Crippen LogP contribution < -0.4 is 0 Å². The first kappa shape index (κ1) is 90.1. The number of esters is 4. The predicted molar refractivity (Wildman–Crippen MR) is 372 cm³/mol. The molecule has 3 N–H and O–H groups in total. The maximum Gasteiger partial charge on any atom is 0.472 e. The highest BCUT2D eigenvalue weighted by Gasteiger charge is 2.30. The van der Waals surface area contributed by atoms with Crippen molar-refractivity contribution in [2.45, 2.75) is 382 Å². The maximum absolute atomic E-state index is 13.0. The van der Waals surface area contributed by atoms with Gasteiger partial charge in [-0.05, 0) is 49.4 Å². The summed E-state index contributed by atoms with van der Waals surface area (Å²) in [5.41, 5.74) is 0. The number of hydrogen-bond acceptors (Lipinski definition) is 15. The Hall–Kier alpha value is -1.94. The average Bonchev–Trinajstić information content (AvgIpc) is 2.92. The van der Waals surface area contributed by atoms with Crippen molar-refractivity contribution in [3.63, 3.8) is 0 Å². The van der Waals surface area contributed by atoms with E-state index in [4.69, 9.17) is 37.0 Å². The molecule has 0 aromatic carbocycles. The summed E-state index contributed by atoms with van der Waals surface area (Å²) in [6, 6.07) is 0. The van der Waals surface area contributed by atoms with Crippen LogP contribution in [-0.4, -0.2) is 96.7 Å². The largest absolute Gasteiger partial charge is 0.472 e. The minimum Gasteiger partial charge on any atom is -0.462 e. The van der Waals surface area contributed by atoms with Gasteiger partial charge in [-0.1, -0.05) is 312 Å². The second-order valence-corrected chi connectivity index (χ2v) is 30.9. The van der Waals surface area contributed by atoms with Gasteiger partial charge in [-0.3, -0.25) is 37.3 Å². The van der Waals surface area contributed by atoms with Crippen molar-refractivity contribution in [3.8, 4) is 0 Å². The topological polar surface area (TPSA) is 237 Å². The monoisotopic (exact) mass is 1350 g/mol. The molecule has 0 aliphatic rings. The summed E-state index contributed by atoms with van der Waals surface area (Å²) < 4.78 is 68.4. The number of phosphoric ester groups is 2. The normalized spacial score (nSPS) is 14.5. The fraction of sp³-hybridized carbons (Fsp3) is 0.945. The van der Waals surface area contributed by atoms with Crippen molar-refractivity contribution in [1.82, 2.24) is 0 Å². The number of carbonyl (C=O) groups excluding carboxylic acids is 4. The van der Waals surface area contributed by atoms with Gasteiger partial charge < -0.3 is 33.8 Å². The summed E-state index contributed by atoms with van der Waals surface area (Å²) in [7, 11) is -9.91. The molecule has 0 fully saturated rings. The Morgan fingerprint density at radius 2 is 0.522 bits per heavy atom. The number of carbonyl (C=O) groups is 4. The molecule has 0 heterocycles. The van der Waals surface area contributed by atoms with Gasteiger partial charge in [0.25, 0.3) is 0 Å². The lowest BCUT2D eigenvalue weighted by atomic mass is 9.99. The first-order chi connectivity index (χ1) is 44.1. The molecule has 0 aromatic heterocycles.